The number of rotatable bonds is 8. The fourth-order valence-electron chi connectivity index (χ4n) is 3.40. The van der Waals surface area contributed by atoms with Crippen molar-refractivity contribution in [2.24, 2.45) is 0 Å². The number of carbonyl (C=O) groups excluding carboxylic acids is 1. The van der Waals surface area contributed by atoms with Crippen molar-refractivity contribution < 1.29 is 14.3 Å². The number of nitrogens with one attached hydrogen (secondary N) is 1. The molecule has 150 valence electrons. The Kier molecular flexibility index (Phi) is 7.18. The number of ether oxygens (including phenoxy) is 2. The van der Waals surface area contributed by atoms with Crippen LogP contribution in [0.3, 0.4) is 0 Å². The number of likely N-dealkylation sites (tertiary alicyclic amines) is 1. The minimum Gasteiger partial charge on any atom is -0.493 e. The van der Waals surface area contributed by atoms with E-state index in [4.69, 9.17) is 21.1 Å². The van der Waals surface area contributed by atoms with Gasteiger partial charge in [0, 0.05) is 31.2 Å². The summed E-state index contributed by atoms with van der Waals surface area (Å²) in [5, 5.41) is 3.50. The first kappa shape index (κ1) is 20.5. The van der Waals surface area contributed by atoms with E-state index in [-0.39, 0.29) is 11.9 Å². The zero-order valence-electron chi connectivity index (χ0n) is 16.4. The van der Waals surface area contributed by atoms with Crippen LogP contribution in [0, 0.1) is 0 Å². The molecule has 0 aromatic heterocycles. The third-order valence-corrected chi connectivity index (χ3v) is 5.08. The number of nitrogens with zero attached hydrogens (tertiary/aromatic N) is 1. The van der Waals surface area contributed by atoms with Gasteiger partial charge in [0.25, 0.3) is 5.91 Å². The van der Waals surface area contributed by atoms with Crippen molar-refractivity contribution in [3.8, 4) is 11.5 Å². The van der Waals surface area contributed by atoms with Gasteiger partial charge in [-0.25, -0.2) is 0 Å². The first-order chi connectivity index (χ1) is 13.6. The summed E-state index contributed by atoms with van der Waals surface area (Å²) in [7, 11) is 1.55. The van der Waals surface area contributed by atoms with E-state index >= 15 is 0 Å². The van der Waals surface area contributed by atoms with Gasteiger partial charge in [-0.2, -0.15) is 0 Å². The van der Waals surface area contributed by atoms with Crippen LogP contribution in [0.5, 0.6) is 11.5 Å². The molecular formula is C22H27ClN2O3. The van der Waals surface area contributed by atoms with E-state index in [9.17, 15) is 4.79 Å². The van der Waals surface area contributed by atoms with Gasteiger partial charge in [-0.3, -0.25) is 9.69 Å². The quantitative estimate of drug-likeness (QED) is 0.720. The highest BCUT2D eigenvalue weighted by molar-refractivity contribution is 6.32. The second-order valence-electron chi connectivity index (χ2n) is 7.02. The van der Waals surface area contributed by atoms with Gasteiger partial charge in [-0.05, 0) is 30.5 Å². The normalized spacial score (nSPS) is 16.8. The van der Waals surface area contributed by atoms with Crippen molar-refractivity contribution in [1.29, 1.82) is 0 Å². The summed E-state index contributed by atoms with van der Waals surface area (Å²) in [5.74, 6) is 0.814. The molecule has 1 unspecified atom stereocenters. The Morgan fingerprint density at radius 1 is 1.29 bits per heavy atom. The van der Waals surface area contributed by atoms with Crippen molar-refractivity contribution in [2.45, 2.75) is 32.4 Å². The van der Waals surface area contributed by atoms with Crippen LogP contribution in [0.2, 0.25) is 5.02 Å². The maximum atomic E-state index is 12.7. The summed E-state index contributed by atoms with van der Waals surface area (Å²) in [6.07, 6.45) is 1.80. The SMILES string of the molecule is CCCOc1c(Cl)cc(C(=O)NC2CCN(Cc3ccccc3)C2)cc1OC. The van der Waals surface area contributed by atoms with Crippen LogP contribution < -0.4 is 14.8 Å². The zero-order valence-corrected chi connectivity index (χ0v) is 17.2. The van der Waals surface area contributed by atoms with Gasteiger partial charge in [0.05, 0.1) is 18.7 Å². The molecular weight excluding hydrogens is 376 g/mol. The number of methoxy groups -OCH3 is 1. The van der Waals surface area contributed by atoms with Gasteiger partial charge < -0.3 is 14.8 Å². The fraction of sp³-hybridized carbons (Fsp3) is 0.409. The summed E-state index contributed by atoms with van der Waals surface area (Å²) in [6.45, 7) is 5.26. The Balaban J connectivity index is 1.61. The lowest BCUT2D eigenvalue weighted by molar-refractivity contribution is 0.0937. The standard InChI is InChI=1S/C22H27ClN2O3/c1-3-11-28-21-19(23)12-17(13-20(21)27-2)22(26)24-18-9-10-25(15-18)14-16-7-5-4-6-8-16/h4-8,12-13,18H,3,9-11,14-15H2,1-2H3,(H,24,26). The predicted molar refractivity (Wildman–Crippen MR) is 111 cm³/mol. The molecule has 6 heteroatoms. The van der Waals surface area contributed by atoms with Crippen LogP contribution in [0.15, 0.2) is 42.5 Å². The fourth-order valence-corrected chi connectivity index (χ4v) is 3.66. The minimum absolute atomic E-state index is 0.122. The van der Waals surface area contributed by atoms with Crippen LogP contribution in [-0.4, -0.2) is 43.7 Å². The summed E-state index contributed by atoms with van der Waals surface area (Å²) in [4.78, 5) is 15.1. The predicted octanol–water partition coefficient (Wildman–Crippen LogP) is 4.14. The van der Waals surface area contributed by atoms with Crippen molar-refractivity contribution in [3.05, 3.63) is 58.6 Å². The highest BCUT2D eigenvalue weighted by Crippen LogP contribution is 2.36. The van der Waals surface area contributed by atoms with E-state index in [0.29, 0.717) is 28.7 Å². The Hall–Kier alpha value is -2.24. The third-order valence-electron chi connectivity index (χ3n) is 4.80. The third kappa shape index (κ3) is 5.18. The summed E-state index contributed by atoms with van der Waals surface area (Å²) in [5.41, 5.74) is 1.76. The lowest BCUT2D eigenvalue weighted by Crippen LogP contribution is -2.37. The van der Waals surface area contributed by atoms with Crippen LogP contribution in [-0.2, 0) is 6.54 Å². The van der Waals surface area contributed by atoms with E-state index in [1.54, 1.807) is 19.2 Å². The van der Waals surface area contributed by atoms with Gasteiger partial charge in [0.1, 0.15) is 0 Å². The topological polar surface area (TPSA) is 50.8 Å². The first-order valence-electron chi connectivity index (χ1n) is 9.68. The van der Waals surface area contributed by atoms with E-state index in [0.717, 1.165) is 32.5 Å². The van der Waals surface area contributed by atoms with Gasteiger partial charge in [0.2, 0.25) is 0 Å². The average Bonchev–Trinajstić information content (AvgIpc) is 3.13. The largest absolute Gasteiger partial charge is 0.493 e. The second-order valence-corrected chi connectivity index (χ2v) is 7.42. The number of amides is 1. The van der Waals surface area contributed by atoms with Crippen molar-refractivity contribution in [1.82, 2.24) is 10.2 Å². The van der Waals surface area contributed by atoms with Gasteiger partial charge in [0.15, 0.2) is 11.5 Å². The first-order valence-corrected chi connectivity index (χ1v) is 10.1. The Labute approximate surface area is 171 Å². The highest BCUT2D eigenvalue weighted by atomic mass is 35.5. The molecule has 1 atom stereocenters. The molecule has 3 rings (SSSR count). The van der Waals surface area contributed by atoms with Gasteiger partial charge >= 0.3 is 0 Å². The summed E-state index contributed by atoms with van der Waals surface area (Å²) >= 11 is 6.33. The molecule has 1 amide bonds. The molecule has 0 aliphatic carbocycles. The molecule has 1 saturated heterocycles. The van der Waals surface area contributed by atoms with E-state index in [1.807, 2.05) is 13.0 Å². The molecule has 0 bridgehead atoms. The zero-order chi connectivity index (χ0) is 19.9. The molecule has 0 saturated carbocycles. The minimum atomic E-state index is -0.145. The number of benzene rings is 2. The molecule has 1 N–H and O–H groups in total. The molecule has 1 aliphatic rings. The van der Waals surface area contributed by atoms with Crippen LogP contribution in [0.25, 0.3) is 0 Å². The van der Waals surface area contributed by atoms with Gasteiger partial charge in [-0.15, -0.1) is 0 Å². The van der Waals surface area contributed by atoms with E-state index in [1.165, 1.54) is 5.56 Å². The van der Waals surface area contributed by atoms with Crippen molar-refractivity contribution in [2.75, 3.05) is 26.8 Å². The molecule has 28 heavy (non-hydrogen) atoms. The molecule has 0 spiro atoms. The van der Waals surface area contributed by atoms with Crippen LogP contribution in [0.4, 0.5) is 0 Å². The maximum absolute atomic E-state index is 12.7. The molecule has 2 aromatic rings. The molecule has 1 aliphatic heterocycles. The van der Waals surface area contributed by atoms with Crippen molar-refractivity contribution in [3.63, 3.8) is 0 Å². The van der Waals surface area contributed by atoms with Crippen LogP contribution in [0.1, 0.15) is 35.7 Å². The molecule has 2 aromatic carbocycles. The smallest absolute Gasteiger partial charge is 0.251 e. The second kappa shape index (κ2) is 9.80. The monoisotopic (exact) mass is 402 g/mol. The maximum Gasteiger partial charge on any atom is 0.251 e. The molecule has 1 heterocycles. The lowest BCUT2D eigenvalue weighted by Gasteiger charge is -2.17. The number of halogens is 1. The number of carbonyl (C=O) groups is 1. The van der Waals surface area contributed by atoms with E-state index < -0.39 is 0 Å². The number of hydrogen-bond donors (Lipinski definition) is 1. The molecule has 0 radical (unpaired) electrons. The van der Waals surface area contributed by atoms with Crippen molar-refractivity contribution >= 4 is 17.5 Å². The Bertz CT molecular complexity index is 798. The molecule has 5 nitrogen and oxygen atoms in total. The Morgan fingerprint density at radius 2 is 2.07 bits per heavy atom. The summed E-state index contributed by atoms with van der Waals surface area (Å²) < 4.78 is 11.0. The Morgan fingerprint density at radius 3 is 2.79 bits per heavy atom. The highest BCUT2D eigenvalue weighted by Gasteiger charge is 2.25. The lowest BCUT2D eigenvalue weighted by atomic mass is 10.1. The van der Waals surface area contributed by atoms with E-state index in [2.05, 4.69) is 34.5 Å². The number of hydrogen-bond acceptors (Lipinski definition) is 4. The average molecular weight is 403 g/mol. The molecule has 1 fully saturated rings. The summed E-state index contributed by atoms with van der Waals surface area (Å²) in [6, 6.07) is 13.8. The van der Waals surface area contributed by atoms with Gasteiger partial charge in [-0.1, -0.05) is 48.9 Å². The van der Waals surface area contributed by atoms with Crippen LogP contribution >= 0.6 is 11.6 Å².